The van der Waals surface area contributed by atoms with Gasteiger partial charge in [0.2, 0.25) is 10.0 Å². The van der Waals surface area contributed by atoms with Gasteiger partial charge >= 0.3 is 5.97 Å². The molecule has 3 aromatic carbocycles. The third-order valence-corrected chi connectivity index (χ3v) is 8.21. The maximum Gasteiger partial charge on any atom is 0.339 e. The summed E-state index contributed by atoms with van der Waals surface area (Å²) in [6.07, 6.45) is 0.909. The molecule has 0 aromatic heterocycles. The van der Waals surface area contributed by atoms with Crippen LogP contribution in [0.2, 0.25) is 0 Å². The van der Waals surface area contributed by atoms with Crippen molar-refractivity contribution in [1.82, 2.24) is 4.31 Å². The van der Waals surface area contributed by atoms with E-state index in [0.29, 0.717) is 31.5 Å². The van der Waals surface area contributed by atoms with Crippen LogP contribution in [0.4, 0.5) is 0 Å². The number of hydrogen-bond acceptors (Lipinski definition) is 4. The van der Waals surface area contributed by atoms with Crippen LogP contribution in [0.5, 0.6) is 0 Å². The van der Waals surface area contributed by atoms with Crippen LogP contribution in [-0.4, -0.2) is 31.8 Å². The van der Waals surface area contributed by atoms with Crippen LogP contribution in [0.1, 0.15) is 34.3 Å². The van der Waals surface area contributed by atoms with E-state index in [0.717, 1.165) is 22.3 Å². The second-order valence-corrected chi connectivity index (χ2v) is 10.2. The fourth-order valence-electron chi connectivity index (χ4n) is 4.60. The molecule has 3 aromatic rings. The molecular weight excluding hydrogens is 410 g/mol. The first-order valence-electron chi connectivity index (χ1n) is 10.4. The van der Waals surface area contributed by atoms with E-state index in [4.69, 9.17) is 4.74 Å². The van der Waals surface area contributed by atoms with Gasteiger partial charge < -0.3 is 4.74 Å². The minimum absolute atomic E-state index is 0.281. The average Bonchev–Trinajstić information content (AvgIpc) is 3.06. The SMILES string of the molecule is Cc1cccc(-c2ccc(S(=O)(=O)N3CCC4(CC3)OC(=O)c3ccccc34)cc2)c1. The van der Waals surface area contributed by atoms with Crippen LogP contribution in [-0.2, 0) is 20.4 Å². The largest absolute Gasteiger partial charge is 0.450 e. The standard InChI is InChI=1S/C25H23NO4S/c1-18-5-4-6-20(17-18)19-9-11-21(12-10-19)31(28,29)26-15-13-25(14-16-26)23-8-3-2-7-22(23)24(27)30-25/h2-12,17H,13-16H2,1H3. The van der Waals surface area contributed by atoms with E-state index in [-0.39, 0.29) is 10.9 Å². The van der Waals surface area contributed by atoms with Gasteiger partial charge in [-0.3, -0.25) is 0 Å². The van der Waals surface area contributed by atoms with Crippen molar-refractivity contribution in [3.8, 4) is 11.1 Å². The Morgan fingerprint density at radius 1 is 0.871 bits per heavy atom. The summed E-state index contributed by atoms with van der Waals surface area (Å²) in [5.74, 6) is -0.321. The molecule has 2 aliphatic heterocycles. The molecule has 1 spiro atoms. The number of ether oxygens (including phenoxy) is 1. The van der Waals surface area contributed by atoms with E-state index in [2.05, 4.69) is 6.07 Å². The molecule has 6 heteroatoms. The van der Waals surface area contributed by atoms with E-state index >= 15 is 0 Å². The second-order valence-electron chi connectivity index (χ2n) is 8.23. The Hall–Kier alpha value is -2.96. The molecule has 1 saturated heterocycles. The van der Waals surface area contributed by atoms with Crippen LogP contribution < -0.4 is 0 Å². The number of nitrogens with zero attached hydrogens (tertiary/aromatic N) is 1. The molecule has 0 N–H and O–H groups in total. The Kier molecular flexibility index (Phi) is 4.72. The second kappa shape index (κ2) is 7.32. The lowest BCUT2D eigenvalue weighted by atomic mass is 9.84. The highest BCUT2D eigenvalue weighted by atomic mass is 32.2. The van der Waals surface area contributed by atoms with E-state index in [9.17, 15) is 13.2 Å². The fourth-order valence-corrected chi connectivity index (χ4v) is 6.04. The highest BCUT2D eigenvalue weighted by Crippen LogP contribution is 2.44. The summed E-state index contributed by atoms with van der Waals surface area (Å²) in [4.78, 5) is 12.5. The van der Waals surface area contributed by atoms with E-state index in [1.807, 2.05) is 55.5 Å². The van der Waals surface area contributed by atoms with Crippen LogP contribution >= 0.6 is 0 Å². The number of hydrogen-bond donors (Lipinski definition) is 0. The Labute approximate surface area is 182 Å². The third kappa shape index (κ3) is 3.36. The van der Waals surface area contributed by atoms with Crippen molar-refractivity contribution in [1.29, 1.82) is 0 Å². The molecule has 1 fully saturated rings. The first kappa shape index (κ1) is 20.0. The number of piperidine rings is 1. The summed E-state index contributed by atoms with van der Waals surface area (Å²) >= 11 is 0. The van der Waals surface area contributed by atoms with Gasteiger partial charge in [-0.1, -0.05) is 60.2 Å². The number of benzene rings is 3. The molecule has 0 unspecified atom stereocenters. The number of fused-ring (bicyclic) bond motifs is 2. The monoisotopic (exact) mass is 433 g/mol. The molecule has 2 heterocycles. The average molecular weight is 434 g/mol. The third-order valence-electron chi connectivity index (χ3n) is 6.30. The predicted octanol–water partition coefficient (Wildman–Crippen LogP) is 4.51. The number of carbonyl (C=O) groups is 1. The predicted molar refractivity (Wildman–Crippen MR) is 118 cm³/mol. The summed E-state index contributed by atoms with van der Waals surface area (Å²) in [5, 5.41) is 0. The van der Waals surface area contributed by atoms with Crippen LogP contribution in [0.3, 0.4) is 0 Å². The quantitative estimate of drug-likeness (QED) is 0.570. The molecule has 158 valence electrons. The zero-order chi connectivity index (χ0) is 21.6. The lowest BCUT2D eigenvalue weighted by Gasteiger charge is -2.37. The minimum atomic E-state index is -3.61. The van der Waals surface area contributed by atoms with Crippen molar-refractivity contribution in [3.63, 3.8) is 0 Å². The van der Waals surface area contributed by atoms with Crippen LogP contribution in [0.15, 0.2) is 77.7 Å². The number of rotatable bonds is 3. The summed E-state index contributed by atoms with van der Waals surface area (Å²) in [5.41, 5.74) is 3.95. The van der Waals surface area contributed by atoms with Crippen molar-refractivity contribution < 1.29 is 17.9 Å². The molecule has 0 bridgehead atoms. The van der Waals surface area contributed by atoms with Gasteiger partial charge in [-0.25, -0.2) is 13.2 Å². The van der Waals surface area contributed by atoms with Crippen molar-refractivity contribution in [2.75, 3.05) is 13.1 Å². The Morgan fingerprint density at radius 3 is 2.29 bits per heavy atom. The summed E-state index contributed by atoms with van der Waals surface area (Å²) in [6, 6.07) is 22.5. The maximum absolute atomic E-state index is 13.2. The van der Waals surface area contributed by atoms with E-state index in [1.54, 1.807) is 18.2 Å². The lowest BCUT2D eigenvalue weighted by Crippen LogP contribution is -2.45. The smallest absolute Gasteiger partial charge is 0.339 e. The van der Waals surface area contributed by atoms with Gasteiger partial charge in [-0.15, -0.1) is 0 Å². The molecule has 0 radical (unpaired) electrons. The molecule has 31 heavy (non-hydrogen) atoms. The van der Waals surface area contributed by atoms with Gasteiger partial charge in [0.1, 0.15) is 5.60 Å². The summed E-state index contributed by atoms with van der Waals surface area (Å²) in [6.45, 7) is 2.65. The highest BCUT2D eigenvalue weighted by Gasteiger charge is 2.48. The lowest BCUT2D eigenvalue weighted by molar-refractivity contribution is -0.0329. The molecule has 0 atom stereocenters. The Balaban J connectivity index is 1.35. The molecule has 2 aliphatic rings. The van der Waals surface area contributed by atoms with Gasteiger partial charge in [-0.2, -0.15) is 4.31 Å². The normalized spacial score (nSPS) is 18.0. The number of aryl methyl sites for hydroxylation is 1. The first-order chi connectivity index (χ1) is 14.9. The zero-order valence-electron chi connectivity index (χ0n) is 17.2. The molecular formula is C25H23NO4S. The fraction of sp³-hybridized carbons (Fsp3) is 0.240. The van der Waals surface area contributed by atoms with Gasteiger partial charge in [0.15, 0.2) is 0 Å². The van der Waals surface area contributed by atoms with Crippen molar-refractivity contribution in [3.05, 3.63) is 89.5 Å². The Bertz CT molecular complexity index is 1260. The minimum Gasteiger partial charge on any atom is -0.450 e. The van der Waals surface area contributed by atoms with Gasteiger partial charge in [0.05, 0.1) is 10.5 Å². The van der Waals surface area contributed by atoms with Crippen LogP contribution in [0, 0.1) is 6.92 Å². The maximum atomic E-state index is 13.2. The van der Waals surface area contributed by atoms with Gasteiger partial charge in [-0.05, 0) is 36.2 Å². The number of sulfonamides is 1. The first-order valence-corrected chi connectivity index (χ1v) is 11.8. The number of carbonyl (C=O) groups excluding carboxylic acids is 1. The van der Waals surface area contributed by atoms with Crippen molar-refractivity contribution in [2.45, 2.75) is 30.3 Å². The van der Waals surface area contributed by atoms with Crippen LogP contribution in [0.25, 0.3) is 11.1 Å². The van der Waals surface area contributed by atoms with Crippen molar-refractivity contribution >= 4 is 16.0 Å². The summed E-state index contributed by atoms with van der Waals surface area (Å²) in [7, 11) is -3.61. The van der Waals surface area contributed by atoms with E-state index in [1.165, 1.54) is 4.31 Å². The topological polar surface area (TPSA) is 63.7 Å². The number of esters is 1. The van der Waals surface area contributed by atoms with E-state index < -0.39 is 15.6 Å². The van der Waals surface area contributed by atoms with Crippen molar-refractivity contribution in [2.24, 2.45) is 0 Å². The molecule has 5 nitrogen and oxygen atoms in total. The Morgan fingerprint density at radius 2 is 1.58 bits per heavy atom. The highest BCUT2D eigenvalue weighted by molar-refractivity contribution is 7.89. The molecule has 0 amide bonds. The van der Waals surface area contributed by atoms with Gasteiger partial charge in [0, 0.05) is 31.5 Å². The molecule has 0 saturated carbocycles. The molecule has 0 aliphatic carbocycles. The summed E-state index contributed by atoms with van der Waals surface area (Å²) < 4.78 is 33.7. The van der Waals surface area contributed by atoms with Gasteiger partial charge in [0.25, 0.3) is 0 Å². The zero-order valence-corrected chi connectivity index (χ0v) is 18.1. The molecule has 5 rings (SSSR count).